The molecule has 22 heavy (non-hydrogen) atoms. The number of non-ortho nitro benzene ring substituents is 1. The second kappa shape index (κ2) is 5.03. The van der Waals surface area contributed by atoms with Crippen molar-refractivity contribution in [3.8, 4) is 0 Å². The molecule has 2 aromatic rings. The zero-order valence-corrected chi connectivity index (χ0v) is 11.9. The maximum atomic E-state index is 10.8. The highest BCUT2D eigenvalue weighted by molar-refractivity contribution is 6.07. The van der Waals surface area contributed by atoms with Crippen LogP contribution in [0.25, 0.3) is 0 Å². The third-order valence-electron chi connectivity index (χ3n) is 4.36. The highest BCUT2D eigenvalue weighted by atomic mass is 16.6. The van der Waals surface area contributed by atoms with Gasteiger partial charge in [0.25, 0.3) is 5.69 Å². The van der Waals surface area contributed by atoms with E-state index in [4.69, 9.17) is 4.99 Å². The average molecular weight is 293 g/mol. The van der Waals surface area contributed by atoms with Crippen LogP contribution in [0.15, 0.2) is 59.6 Å². The number of nitro groups is 1. The fourth-order valence-electron chi connectivity index (χ4n) is 3.28. The third-order valence-corrected chi connectivity index (χ3v) is 4.36. The number of nitrogens with zero attached hydrogens (tertiary/aromatic N) is 3. The van der Waals surface area contributed by atoms with Gasteiger partial charge in [0.2, 0.25) is 0 Å². The van der Waals surface area contributed by atoms with Crippen LogP contribution in [0, 0.1) is 10.1 Å². The molecular formula is C17H15N3O2. The van der Waals surface area contributed by atoms with Gasteiger partial charge in [-0.1, -0.05) is 42.5 Å². The number of rotatable bonds is 3. The molecular weight excluding hydrogens is 278 g/mol. The highest BCUT2D eigenvalue weighted by Crippen LogP contribution is 2.46. The molecule has 0 radical (unpaired) electrons. The SMILES string of the molecule is O=[N+]([O-])c1ccc([C@@H]2[C@H]3C(c4ccccc4)=NCCN32)cc1. The van der Waals surface area contributed by atoms with Gasteiger partial charge in [-0.15, -0.1) is 0 Å². The van der Waals surface area contributed by atoms with Crippen LogP contribution in [0.2, 0.25) is 0 Å². The van der Waals surface area contributed by atoms with E-state index < -0.39 is 0 Å². The van der Waals surface area contributed by atoms with E-state index in [-0.39, 0.29) is 10.6 Å². The van der Waals surface area contributed by atoms with Gasteiger partial charge in [-0.2, -0.15) is 0 Å². The Morgan fingerprint density at radius 2 is 1.77 bits per heavy atom. The molecule has 2 heterocycles. The van der Waals surface area contributed by atoms with Crippen LogP contribution in [0.5, 0.6) is 0 Å². The summed E-state index contributed by atoms with van der Waals surface area (Å²) in [7, 11) is 0. The molecule has 1 saturated heterocycles. The Kier molecular flexibility index (Phi) is 3.01. The lowest BCUT2D eigenvalue weighted by molar-refractivity contribution is -0.384. The molecule has 4 rings (SSSR count). The largest absolute Gasteiger partial charge is 0.286 e. The normalized spacial score (nSPS) is 26.0. The molecule has 110 valence electrons. The summed E-state index contributed by atoms with van der Waals surface area (Å²) in [5.41, 5.74) is 3.57. The summed E-state index contributed by atoms with van der Waals surface area (Å²) in [4.78, 5) is 17.5. The summed E-state index contributed by atoms with van der Waals surface area (Å²) < 4.78 is 0. The standard InChI is InChI=1S/C17H15N3O2/c21-20(22)14-8-6-13(7-9-14)16-17-15(18-10-11-19(16)17)12-4-2-1-3-5-12/h1-9,16-17H,10-11H2/t16-,17-,19?/m1/s1. The van der Waals surface area contributed by atoms with Crippen molar-refractivity contribution in [1.82, 2.24) is 4.90 Å². The van der Waals surface area contributed by atoms with Gasteiger partial charge in [0, 0.05) is 18.7 Å². The lowest BCUT2D eigenvalue weighted by Gasteiger charge is -2.11. The summed E-state index contributed by atoms with van der Waals surface area (Å²) in [5.74, 6) is 0. The maximum Gasteiger partial charge on any atom is 0.269 e. The van der Waals surface area contributed by atoms with Crippen LogP contribution in [0.4, 0.5) is 5.69 Å². The second-order valence-corrected chi connectivity index (χ2v) is 5.61. The first kappa shape index (κ1) is 13.2. The molecule has 0 bridgehead atoms. The molecule has 0 spiro atoms. The lowest BCUT2D eigenvalue weighted by Crippen LogP contribution is -2.22. The first-order valence-electron chi connectivity index (χ1n) is 7.35. The van der Waals surface area contributed by atoms with Crippen molar-refractivity contribution in [2.45, 2.75) is 12.1 Å². The zero-order valence-electron chi connectivity index (χ0n) is 11.9. The fourth-order valence-corrected chi connectivity index (χ4v) is 3.28. The minimum absolute atomic E-state index is 0.138. The summed E-state index contributed by atoms with van der Waals surface area (Å²) in [5, 5.41) is 10.8. The van der Waals surface area contributed by atoms with Gasteiger partial charge < -0.3 is 0 Å². The van der Waals surface area contributed by atoms with E-state index in [1.54, 1.807) is 12.1 Å². The number of hydrogen-bond acceptors (Lipinski definition) is 4. The maximum absolute atomic E-state index is 10.8. The van der Waals surface area contributed by atoms with E-state index in [0.29, 0.717) is 12.1 Å². The number of benzene rings is 2. The molecule has 0 aliphatic carbocycles. The average Bonchev–Trinajstić information content (AvgIpc) is 3.30. The van der Waals surface area contributed by atoms with Crippen molar-refractivity contribution in [3.63, 3.8) is 0 Å². The molecule has 2 aliphatic heterocycles. The first-order chi connectivity index (χ1) is 10.8. The van der Waals surface area contributed by atoms with Gasteiger partial charge in [0.15, 0.2) is 0 Å². The number of hydrogen-bond donors (Lipinski definition) is 0. The predicted molar refractivity (Wildman–Crippen MR) is 84.2 cm³/mol. The number of aliphatic imine (C=N–C) groups is 1. The molecule has 0 N–H and O–H groups in total. The Labute approximate surface area is 128 Å². The predicted octanol–water partition coefficient (Wildman–Crippen LogP) is 2.82. The van der Waals surface area contributed by atoms with Crippen LogP contribution >= 0.6 is 0 Å². The molecule has 0 amide bonds. The molecule has 0 saturated carbocycles. The van der Waals surface area contributed by atoms with E-state index >= 15 is 0 Å². The van der Waals surface area contributed by atoms with E-state index in [9.17, 15) is 10.1 Å². The van der Waals surface area contributed by atoms with Gasteiger partial charge >= 0.3 is 0 Å². The van der Waals surface area contributed by atoms with Gasteiger partial charge in [-0.05, 0) is 11.1 Å². The van der Waals surface area contributed by atoms with Crippen LogP contribution in [-0.4, -0.2) is 34.7 Å². The van der Waals surface area contributed by atoms with Gasteiger partial charge in [-0.3, -0.25) is 20.0 Å². The minimum atomic E-state index is -0.360. The molecule has 2 aromatic carbocycles. The van der Waals surface area contributed by atoms with Crippen molar-refractivity contribution in [2.24, 2.45) is 4.99 Å². The van der Waals surface area contributed by atoms with Crippen LogP contribution in [-0.2, 0) is 0 Å². The van der Waals surface area contributed by atoms with Crippen molar-refractivity contribution < 1.29 is 4.92 Å². The topological polar surface area (TPSA) is 58.5 Å². The summed E-state index contributed by atoms with van der Waals surface area (Å²) in [6.45, 7) is 1.76. The van der Waals surface area contributed by atoms with Crippen molar-refractivity contribution in [3.05, 3.63) is 75.8 Å². The molecule has 5 heteroatoms. The summed E-state index contributed by atoms with van der Waals surface area (Å²) in [6.07, 6.45) is 0. The quantitative estimate of drug-likeness (QED) is 0.497. The number of fused-ring (bicyclic) bond motifs is 1. The van der Waals surface area contributed by atoms with Gasteiger partial charge in [0.05, 0.1) is 29.3 Å². The van der Waals surface area contributed by atoms with E-state index in [0.717, 1.165) is 24.4 Å². The van der Waals surface area contributed by atoms with Crippen LogP contribution < -0.4 is 0 Å². The van der Waals surface area contributed by atoms with Crippen molar-refractivity contribution >= 4 is 11.4 Å². The third kappa shape index (κ3) is 2.10. The Morgan fingerprint density at radius 3 is 2.45 bits per heavy atom. The minimum Gasteiger partial charge on any atom is -0.286 e. The first-order valence-corrected chi connectivity index (χ1v) is 7.35. The molecule has 3 atom stereocenters. The van der Waals surface area contributed by atoms with E-state index in [1.165, 1.54) is 5.56 Å². The van der Waals surface area contributed by atoms with Gasteiger partial charge in [0.1, 0.15) is 0 Å². The molecule has 5 nitrogen and oxygen atoms in total. The summed E-state index contributed by atoms with van der Waals surface area (Å²) in [6, 6.07) is 17.7. The van der Waals surface area contributed by atoms with Crippen molar-refractivity contribution in [1.29, 1.82) is 0 Å². The Morgan fingerprint density at radius 1 is 1.05 bits per heavy atom. The Hall–Kier alpha value is -2.53. The Balaban J connectivity index is 1.61. The van der Waals surface area contributed by atoms with E-state index in [1.807, 2.05) is 30.3 Å². The molecule has 1 unspecified atom stereocenters. The second-order valence-electron chi connectivity index (χ2n) is 5.61. The monoisotopic (exact) mass is 293 g/mol. The zero-order chi connectivity index (χ0) is 15.1. The van der Waals surface area contributed by atoms with Gasteiger partial charge in [-0.25, -0.2) is 0 Å². The van der Waals surface area contributed by atoms with E-state index in [2.05, 4.69) is 17.0 Å². The number of nitro benzene ring substituents is 1. The molecule has 0 aromatic heterocycles. The molecule has 2 aliphatic rings. The van der Waals surface area contributed by atoms with Crippen LogP contribution in [0.3, 0.4) is 0 Å². The fraction of sp³-hybridized carbons (Fsp3) is 0.235. The Bertz CT molecular complexity index is 740. The highest BCUT2D eigenvalue weighted by Gasteiger charge is 2.52. The summed E-state index contributed by atoms with van der Waals surface area (Å²) >= 11 is 0. The smallest absolute Gasteiger partial charge is 0.269 e. The molecule has 1 fully saturated rings. The van der Waals surface area contributed by atoms with Crippen LogP contribution in [0.1, 0.15) is 17.2 Å². The van der Waals surface area contributed by atoms with Crippen molar-refractivity contribution in [2.75, 3.05) is 13.1 Å². The lowest BCUT2D eigenvalue weighted by atomic mass is 10.0.